The Balaban J connectivity index is 1.96. The number of halogens is 3. The van der Waals surface area contributed by atoms with Gasteiger partial charge in [0.15, 0.2) is 0 Å². The van der Waals surface area contributed by atoms with Crippen LogP contribution in [0.25, 0.3) is 6.08 Å². The molecule has 0 unspecified atom stereocenters. The quantitative estimate of drug-likeness (QED) is 0.778. The summed E-state index contributed by atoms with van der Waals surface area (Å²) in [5.41, 5.74) is 0.0692. The first-order chi connectivity index (χ1) is 9.90. The van der Waals surface area contributed by atoms with Gasteiger partial charge >= 0.3 is 6.18 Å². The summed E-state index contributed by atoms with van der Waals surface area (Å²) in [6.07, 6.45) is 1.59. The first kappa shape index (κ1) is 15.4. The number of hydrogen-bond donors (Lipinski definition) is 0. The molecule has 21 heavy (non-hydrogen) atoms. The van der Waals surface area contributed by atoms with Crippen LogP contribution in [-0.2, 0) is 11.0 Å². The highest BCUT2D eigenvalue weighted by molar-refractivity contribution is 5.87. The second kappa shape index (κ2) is 6.16. The molecule has 5 heteroatoms. The van der Waals surface area contributed by atoms with Gasteiger partial charge in [-0.15, -0.1) is 0 Å². The van der Waals surface area contributed by atoms with E-state index in [0.717, 1.165) is 24.1 Å². The Bertz CT molecular complexity index is 546. The Morgan fingerprint density at radius 3 is 2.52 bits per heavy atom. The zero-order valence-electron chi connectivity index (χ0n) is 11.4. The number of hydrogen-bond acceptors (Lipinski definition) is 1. The van der Waals surface area contributed by atoms with Gasteiger partial charge in [0, 0.05) is 13.1 Å². The van der Waals surface area contributed by atoms with Gasteiger partial charge < -0.3 is 4.90 Å². The van der Waals surface area contributed by atoms with Crippen molar-refractivity contribution in [2.24, 2.45) is 5.92 Å². The first-order valence-electron chi connectivity index (χ1n) is 6.67. The van der Waals surface area contributed by atoms with E-state index < -0.39 is 11.7 Å². The van der Waals surface area contributed by atoms with Crippen LogP contribution < -0.4 is 0 Å². The Hall–Kier alpha value is -2.04. The van der Waals surface area contributed by atoms with Crippen molar-refractivity contribution in [3.8, 4) is 0 Å². The molecule has 1 saturated heterocycles. The fraction of sp³-hybridized carbons (Fsp3) is 0.312. The fourth-order valence-electron chi connectivity index (χ4n) is 2.30. The lowest BCUT2D eigenvalue weighted by atomic mass is 10.1. The monoisotopic (exact) mass is 295 g/mol. The molecular formula is C16H16F3NO. The highest BCUT2D eigenvalue weighted by Crippen LogP contribution is 2.29. The molecule has 1 aliphatic heterocycles. The molecule has 0 aromatic heterocycles. The van der Waals surface area contributed by atoms with Gasteiger partial charge in [-0.05, 0) is 36.1 Å². The summed E-state index contributed by atoms with van der Waals surface area (Å²) in [6, 6.07) is 5.03. The third kappa shape index (κ3) is 3.97. The standard InChI is InChI=1S/C16H16F3NO/c1-2-15(21)20-10-9-13(11-20)4-3-12-5-7-14(8-6-12)16(17,18)19/h2-8,13H,1,9-11H2/t13-/m0/s1. The van der Waals surface area contributed by atoms with Crippen molar-refractivity contribution in [3.05, 3.63) is 54.1 Å². The Morgan fingerprint density at radius 1 is 1.29 bits per heavy atom. The lowest BCUT2D eigenvalue weighted by molar-refractivity contribution is -0.137. The number of rotatable bonds is 3. The number of amides is 1. The van der Waals surface area contributed by atoms with Crippen molar-refractivity contribution in [1.29, 1.82) is 0 Å². The van der Waals surface area contributed by atoms with Crippen LogP contribution in [0.3, 0.4) is 0 Å². The number of carbonyl (C=O) groups is 1. The number of likely N-dealkylation sites (tertiary alicyclic amines) is 1. The zero-order valence-corrected chi connectivity index (χ0v) is 11.4. The molecule has 1 aromatic carbocycles. The molecule has 0 saturated carbocycles. The molecule has 0 bridgehead atoms. The predicted molar refractivity (Wildman–Crippen MR) is 75.4 cm³/mol. The summed E-state index contributed by atoms with van der Waals surface area (Å²) in [5, 5.41) is 0. The van der Waals surface area contributed by atoms with E-state index in [9.17, 15) is 18.0 Å². The van der Waals surface area contributed by atoms with Crippen molar-refractivity contribution in [2.45, 2.75) is 12.6 Å². The summed E-state index contributed by atoms with van der Waals surface area (Å²) < 4.78 is 37.3. The molecule has 0 aliphatic carbocycles. The molecule has 1 aliphatic rings. The van der Waals surface area contributed by atoms with E-state index in [2.05, 4.69) is 6.58 Å². The molecule has 1 fully saturated rings. The maximum Gasteiger partial charge on any atom is 0.416 e. The van der Waals surface area contributed by atoms with Crippen LogP contribution in [0, 0.1) is 5.92 Å². The van der Waals surface area contributed by atoms with Gasteiger partial charge in [0.05, 0.1) is 5.56 Å². The number of nitrogens with zero attached hydrogens (tertiary/aromatic N) is 1. The zero-order chi connectivity index (χ0) is 15.5. The lowest BCUT2D eigenvalue weighted by Crippen LogP contribution is -2.26. The van der Waals surface area contributed by atoms with E-state index in [1.807, 2.05) is 6.08 Å². The van der Waals surface area contributed by atoms with E-state index in [-0.39, 0.29) is 11.8 Å². The van der Waals surface area contributed by atoms with E-state index in [1.165, 1.54) is 18.2 Å². The lowest BCUT2D eigenvalue weighted by Gasteiger charge is -2.12. The van der Waals surface area contributed by atoms with Gasteiger partial charge in [-0.3, -0.25) is 4.79 Å². The largest absolute Gasteiger partial charge is 0.416 e. The minimum Gasteiger partial charge on any atom is -0.339 e. The average Bonchev–Trinajstić information content (AvgIpc) is 2.92. The number of carbonyl (C=O) groups excluding carboxylic acids is 1. The van der Waals surface area contributed by atoms with Crippen molar-refractivity contribution in [1.82, 2.24) is 4.90 Å². The SMILES string of the molecule is C=CC(=O)N1CC[C@H](C=Cc2ccc(C(F)(F)F)cc2)C1. The van der Waals surface area contributed by atoms with Crippen molar-refractivity contribution in [2.75, 3.05) is 13.1 Å². The molecule has 1 atom stereocenters. The molecular weight excluding hydrogens is 279 g/mol. The van der Waals surface area contributed by atoms with Crippen LogP contribution in [0.4, 0.5) is 13.2 Å². The van der Waals surface area contributed by atoms with Crippen LogP contribution in [0.2, 0.25) is 0 Å². The molecule has 2 rings (SSSR count). The molecule has 0 radical (unpaired) electrons. The smallest absolute Gasteiger partial charge is 0.339 e. The Morgan fingerprint density at radius 2 is 1.95 bits per heavy atom. The summed E-state index contributed by atoms with van der Waals surface area (Å²) in [7, 11) is 0. The molecule has 2 nitrogen and oxygen atoms in total. The number of benzene rings is 1. The topological polar surface area (TPSA) is 20.3 Å². The van der Waals surface area contributed by atoms with E-state index in [4.69, 9.17) is 0 Å². The van der Waals surface area contributed by atoms with E-state index in [0.29, 0.717) is 13.1 Å². The summed E-state index contributed by atoms with van der Waals surface area (Å²) in [4.78, 5) is 13.2. The maximum absolute atomic E-state index is 12.4. The third-order valence-electron chi connectivity index (χ3n) is 3.51. The van der Waals surface area contributed by atoms with E-state index in [1.54, 1.807) is 11.0 Å². The van der Waals surface area contributed by atoms with Crippen LogP contribution in [0.15, 0.2) is 43.0 Å². The predicted octanol–water partition coefficient (Wildman–Crippen LogP) is 3.75. The van der Waals surface area contributed by atoms with Gasteiger partial charge in [0.25, 0.3) is 0 Å². The van der Waals surface area contributed by atoms with Crippen LogP contribution in [0.5, 0.6) is 0 Å². The van der Waals surface area contributed by atoms with Crippen LogP contribution in [0.1, 0.15) is 17.5 Å². The highest BCUT2D eigenvalue weighted by Gasteiger charge is 2.29. The molecule has 112 valence electrons. The molecule has 0 spiro atoms. The van der Waals surface area contributed by atoms with Crippen LogP contribution >= 0.6 is 0 Å². The minimum absolute atomic E-state index is 0.0829. The van der Waals surface area contributed by atoms with Gasteiger partial charge in [0.2, 0.25) is 5.91 Å². The second-order valence-electron chi connectivity index (χ2n) is 5.02. The maximum atomic E-state index is 12.4. The highest BCUT2D eigenvalue weighted by atomic mass is 19.4. The molecule has 1 heterocycles. The van der Waals surface area contributed by atoms with Crippen LogP contribution in [-0.4, -0.2) is 23.9 Å². The van der Waals surface area contributed by atoms with Crippen molar-refractivity contribution < 1.29 is 18.0 Å². The number of alkyl halides is 3. The van der Waals surface area contributed by atoms with Gasteiger partial charge in [-0.2, -0.15) is 13.2 Å². The molecule has 1 amide bonds. The summed E-state index contributed by atoms with van der Waals surface area (Å²) in [5.74, 6) is 0.150. The minimum atomic E-state index is -4.31. The first-order valence-corrected chi connectivity index (χ1v) is 6.67. The normalized spacial score (nSPS) is 19.2. The average molecular weight is 295 g/mol. The third-order valence-corrected chi connectivity index (χ3v) is 3.51. The fourth-order valence-corrected chi connectivity index (χ4v) is 2.30. The second-order valence-corrected chi connectivity index (χ2v) is 5.02. The molecule has 0 N–H and O–H groups in total. The van der Waals surface area contributed by atoms with Crippen molar-refractivity contribution >= 4 is 12.0 Å². The van der Waals surface area contributed by atoms with E-state index >= 15 is 0 Å². The van der Waals surface area contributed by atoms with Gasteiger partial charge in [-0.25, -0.2) is 0 Å². The molecule has 1 aromatic rings. The van der Waals surface area contributed by atoms with Gasteiger partial charge in [-0.1, -0.05) is 30.9 Å². The van der Waals surface area contributed by atoms with Gasteiger partial charge in [0.1, 0.15) is 0 Å². The van der Waals surface area contributed by atoms with Crippen molar-refractivity contribution in [3.63, 3.8) is 0 Å². The summed E-state index contributed by atoms with van der Waals surface area (Å²) >= 11 is 0. The Kier molecular flexibility index (Phi) is 4.50. The Labute approximate surface area is 121 Å². The summed E-state index contributed by atoms with van der Waals surface area (Å²) in [6.45, 7) is 4.77.